The predicted molar refractivity (Wildman–Crippen MR) is 54.6 cm³/mol. The van der Waals surface area contributed by atoms with E-state index in [0.717, 1.165) is 0 Å². The van der Waals surface area contributed by atoms with Crippen molar-refractivity contribution in [1.82, 2.24) is 5.32 Å². The molecule has 2 unspecified atom stereocenters. The molecule has 0 radical (unpaired) electrons. The highest BCUT2D eigenvalue weighted by molar-refractivity contribution is 5.70. The van der Waals surface area contributed by atoms with E-state index in [-0.39, 0.29) is 6.04 Å². The van der Waals surface area contributed by atoms with Gasteiger partial charge in [0.05, 0.1) is 5.92 Å². The first-order valence-corrected chi connectivity index (χ1v) is 5.03. The Morgan fingerprint density at radius 2 is 2.25 bits per heavy atom. The summed E-state index contributed by atoms with van der Waals surface area (Å²) < 4.78 is 13.1. The fourth-order valence-electron chi connectivity index (χ4n) is 1.97. The Hall–Kier alpha value is -1.62. The number of hydrogen-bond acceptors (Lipinski definition) is 3. The van der Waals surface area contributed by atoms with Crippen LogP contribution in [-0.4, -0.2) is 22.7 Å². The summed E-state index contributed by atoms with van der Waals surface area (Å²) >= 11 is 0. The fraction of sp³-hybridized carbons (Fsp3) is 0.364. The summed E-state index contributed by atoms with van der Waals surface area (Å²) in [5, 5.41) is 21.3. The number of benzene rings is 1. The molecule has 3 N–H and O–H groups in total. The smallest absolute Gasteiger partial charge is 0.307 e. The predicted octanol–water partition coefficient (Wildman–Crippen LogP) is 1.27. The molecule has 0 saturated carbocycles. The number of aliphatic carboxylic acids is 1. The summed E-state index contributed by atoms with van der Waals surface area (Å²) in [6.07, 6.45) is 0.367. The molecule has 0 amide bonds. The molecule has 0 bridgehead atoms. The van der Waals surface area contributed by atoms with Crippen molar-refractivity contribution in [3.05, 3.63) is 29.6 Å². The fourth-order valence-corrected chi connectivity index (χ4v) is 1.97. The molecule has 4 nitrogen and oxygen atoms in total. The molecule has 5 heteroatoms. The van der Waals surface area contributed by atoms with Crippen LogP contribution in [0.25, 0.3) is 0 Å². The van der Waals surface area contributed by atoms with Gasteiger partial charge in [-0.05, 0) is 12.5 Å². The van der Waals surface area contributed by atoms with Gasteiger partial charge in [-0.15, -0.1) is 0 Å². The van der Waals surface area contributed by atoms with Crippen molar-refractivity contribution in [3.8, 4) is 5.75 Å². The SMILES string of the molecule is O=C(O)C1CNC(c2cccc(F)c2O)C1. The number of para-hydroxylation sites is 1. The van der Waals surface area contributed by atoms with E-state index >= 15 is 0 Å². The lowest BCUT2D eigenvalue weighted by Gasteiger charge is -2.12. The molecule has 1 aliphatic heterocycles. The molecule has 16 heavy (non-hydrogen) atoms. The highest BCUT2D eigenvalue weighted by Gasteiger charge is 2.31. The second-order valence-corrected chi connectivity index (χ2v) is 3.91. The number of phenolic OH excluding ortho intramolecular Hbond substituents is 1. The molecular weight excluding hydrogens is 213 g/mol. The van der Waals surface area contributed by atoms with E-state index < -0.39 is 23.5 Å². The Morgan fingerprint density at radius 3 is 2.88 bits per heavy atom. The zero-order valence-electron chi connectivity index (χ0n) is 8.48. The van der Waals surface area contributed by atoms with Crippen molar-refractivity contribution in [2.45, 2.75) is 12.5 Å². The van der Waals surface area contributed by atoms with Crippen LogP contribution in [0.5, 0.6) is 5.75 Å². The molecule has 1 fully saturated rings. The Morgan fingerprint density at radius 1 is 1.50 bits per heavy atom. The third kappa shape index (κ3) is 1.86. The van der Waals surface area contributed by atoms with Gasteiger partial charge in [-0.3, -0.25) is 4.79 Å². The van der Waals surface area contributed by atoms with Crippen LogP contribution in [0, 0.1) is 11.7 Å². The van der Waals surface area contributed by atoms with Crippen molar-refractivity contribution in [2.75, 3.05) is 6.54 Å². The molecule has 1 aromatic carbocycles. The zero-order valence-corrected chi connectivity index (χ0v) is 8.48. The van der Waals surface area contributed by atoms with Crippen LogP contribution in [0.2, 0.25) is 0 Å². The summed E-state index contributed by atoms with van der Waals surface area (Å²) in [6, 6.07) is 3.97. The quantitative estimate of drug-likeness (QED) is 0.708. The first kappa shape index (κ1) is 10.9. The zero-order chi connectivity index (χ0) is 11.7. The summed E-state index contributed by atoms with van der Waals surface area (Å²) in [4.78, 5) is 10.8. The minimum absolute atomic E-state index is 0.295. The summed E-state index contributed by atoms with van der Waals surface area (Å²) in [5.41, 5.74) is 0.420. The lowest BCUT2D eigenvalue weighted by molar-refractivity contribution is -0.141. The van der Waals surface area contributed by atoms with Crippen molar-refractivity contribution in [3.63, 3.8) is 0 Å². The van der Waals surface area contributed by atoms with Crippen LogP contribution in [0.1, 0.15) is 18.0 Å². The van der Waals surface area contributed by atoms with E-state index in [1.54, 1.807) is 6.07 Å². The van der Waals surface area contributed by atoms with Crippen molar-refractivity contribution in [1.29, 1.82) is 0 Å². The topological polar surface area (TPSA) is 69.6 Å². The summed E-state index contributed by atoms with van der Waals surface area (Å²) in [5.74, 6) is -2.43. The third-order valence-electron chi connectivity index (χ3n) is 2.87. The van der Waals surface area contributed by atoms with Gasteiger partial charge in [-0.25, -0.2) is 4.39 Å². The number of halogens is 1. The van der Waals surface area contributed by atoms with Crippen LogP contribution in [0.4, 0.5) is 4.39 Å². The standard InChI is InChI=1S/C11H12FNO3/c12-8-3-1-2-7(10(8)14)9-4-6(5-13-9)11(15)16/h1-3,6,9,13-14H,4-5H2,(H,15,16). The van der Waals surface area contributed by atoms with Gasteiger partial charge < -0.3 is 15.5 Å². The maximum Gasteiger partial charge on any atom is 0.307 e. The monoisotopic (exact) mass is 225 g/mol. The molecule has 1 saturated heterocycles. The van der Waals surface area contributed by atoms with Gasteiger partial charge >= 0.3 is 5.97 Å². The van der Waals surface area contributed by atoms with Gasteiger partial charge in [-0.1, -0.05) is 12.1 Å². The molecular formula is C11H12FNO3. The molecule has 86 valence electrons. The van der Waals surface area contributed by atoms with Gasteiger partial charge in [0.25, 0.3) is 0 Å². The van der Waals surface area contributed by atoms with Gasteiger partial charge in [0.15, 0.2) is 11.6 Å². The molecule has 1 heterocycles. The van der Waals surface area contributed by atoms with Gasteiger partial charge in [0.2, 0.25) is 0 Å². The number of hydrogen-bond donors (Lipinski definition) is 3. The number of aromatic hydroxyl groups is 1. The third-order valence-corrected chi connectivity index (χ3v) is 2.87. The Kier molecular flexibility index (Phi) is 2.78. The average Bonchev–Trinajstić information content (AvgIpc) is 2.71. The number of carboxylic acids is 1. The van der Waals surface area contributed by atoms with Gasteiger partial charge in [0, 0.05) is 18.2 Å². The summed E-state index contributed by atoms with van der Waals surface area (Å²) in [6.45, 7) is 0.343. The lowest BCUT2D eigenvalue weighted by atomic mass is 9.99. The summed E-state index contributed by atoms with van der Waals surface area (Å²) in [7, 11) is 0. The molecule has 0 aromatic heterocycles. The second kappa shape index (κ2) is 4.09. The molecule has 2 atom stereocenters. The van der Waals surface area contributed by atoms with E-state index in [4.69, 9.17) is 5.11 Å². The minimum Gasteiger partial charge on any atom is -0.505 e. The van der Waals surface area contributed by atoms with Crippen LogP contribution in [0.3, 0.4) is 0 Å². The molecule has 0 aliphatic carbocycles. The number of carbonyl (C=O) groups is 1. The Labute approximate surface area is 91.7 Å². The van der Waals surface area contributed by atoms with Gasteiger partial charge in [-0.2, -0.15) is 0 Å². The normalized spacial score (nSPS) is 24.6. The maximum absolute atomic E-state index is 13.1. The Balaban J connectivity index is 2.21. The molecule has 1 aliphatic rings. The van der Waals surface area contributed by atoms with Crippen molar-refractivity contribution in [2.24, 2.45) is 5.92 Å². The van der Waals surface area contributed by atoms with Crippen LogP contribution >= 0.6 is 0 Å². The minimum atomic E-state index is -0.870. The second-order valence-electron chi connectivity index (χ2n) is 3.91. The van der Waals surface area contributed by atoms with Crippen molar-refractivity contribution < 1.29 is 19.4 Å². The van der Waals surface area contributed by atoms with Gasteiger partial charge in [0.1, 0.15) is 0 Å². The van der Waals surface area contributed by atoms with Crippen LogP contribution < -0.4 is 5.32 Å². The van der Waals surface area contributed by atoms with E-state index in [1.165, 1.54) is 12.1 Å². The first-order chi connectivity index (χ1) is 7.59. The van der Waals surface area contributed by atoms with Crippen LogP contribution in [0.15, 0.2) is 18.2 Å². The highest BCUT2D eigenvalue weighted by atomic mass is 19.1. The first-order valence-electron chi connectivity index (χ1n) is 5.03. The average molecular weight is 225 g/mol. The lowest BCUT2D eigenvalue weighted by Crippen LogP contribution is -2.17. The van der Waals surface area contributed by atoms with Crippen molar-refractivity contribution >= 4 is 5.97 Å². The molecule has 0 spiro atoms. The number of phenols is 1. The molecule has 1 aromatic rings. The van der Waals surface area contributed by atoms with E-state index in [9.17, 15) is 14.3 Å². The largest absolute Gasteiger partial charge is 0.505 e. The number of nitrogens with one attached hydrogen (secondary N) is 1. The van der Waals surface area contributed by atoms with E-state index in [2.05, 4.69) is 5.32 Å². The van der Waals surface area contributed by atoms with E-state index in [1.807, 2.05) is 0 Å². The molecule has 2 rings (SSSR count). The highest BCUT2D eigenvalue weighted by Crippen LogP contribution is 2.33. The van der Waals surface area contributed by atoms with E-state index in [0.29, 0.717) is 18.5 Å². The number of carboxylic acid groups (broad SMARTS) is 1. The van der Waals surface area contributed by atoms with Crippen LogP contribution in [-0.2, 0) is 4.79 Å². The Bertz CT molecular complexity index is 422. The number of rotatable bonds is 2. The maximum atomic E-state index is 13.1.